The molecule has 0 aliphatic carbocycles. The fourth-order valence-electron chi connectivity index (χ4n) is 2.76. The topological polar surface area (TPSA) is 38.3 Å². The average molecular weight is 320 g/mol. The van der Waals surface area contributed by atoms with E-state index < -0.39 is 8.32 Å². The molecule has 3 atom stereocenters. The largest absolute Gasteiger partial charge is 0.413 e. The number of carbonyl (C=O) groups is 1. The van der Waals surface area contributed by atoms with Crippen LogP contribution in [0.5, 0.6) is 0 Å². The van der Waals surface area contributed by atoms with E-state index in [0.29, 0.717) is 0 Å². The van der Waals surface area contributed by atoms with Crippen LogP contribution in [0.2, 0.25) is 18.1 Å². The quantitative estimate of drug-likeness (QED) is 0.663. The molecule has 1 fully saturated rings. The highest BCUT2D eigenvalue weighted by Gasteiger charge is 2.47. The van der Waals surface area contributed by atoms with Crippen LogP contribution in [0.15, 0.2) is 30.3 Å². The Morgan fingerprint density at radius 1 is 1.23 bits per heavy atom. The molecule has 4 heteroatoms. The minimum atomic E-state index is -1.84. The molecule has 1 aromatic carbocycles. The number of hydrogen-bond donors (Lipinski definition) is 1. The Morgan fingerprint density at radius 3 is 2.32 bits per heavy atom. The Bertz CT molecular complexity index is 522. The van der Waals surface area contributed by atoms with Crippen molar-refractivity contribution in [2.24, 2.45) is 5.92 Å². The highest BCUT2D eigenvalue weighted by atomic mass is 28.4. The van der Waals surface area contributed by atoms with Gasteiger partial charge in [0.1, 0.15) is 0 Å². The van der Waals surface area contributed by atoms with Crippen molar-refractivity contribution in [3.63, 3.8) is 0 Å². The number of amides is 1. The van der Waals surface area contributed by atoms with Crippen LogP contribution >= 0.6 is 0 Å². The summed E-state index contributed by atoms with van der Waals surface area (Å²) in [5, 5.41) is 3.21. The van der Waals surface area contributed by atoms with Gasteiger partial charge < -0.3 is 9.74 Å². The highest BCUT2D eigenvalue weighted by molar-refractivity contribution is 6.74. The number of carbonyl (C=O) groups excluding carboxylic acids is 1. The van der Waals surface area contributed by atoms with E-state index in [9.17, 15) is 4.79 Å². The fraction of sp³-hybridized carbons (Fsp3) is 0.611. The van der Waals surface area contributed by atoms with Gasteiger partial charge >= 0.3 is 0 Å². The molecule has 1 aliphatic rings. The number of β-lactam (4-membered cyclic amide) rings is 1. The molecule has 122 valence electrons. The van der Waals surface area contributed by atoms with Crippen LogP contribution in [0.4, 0.5) is 0 Å². The average Bonchev–Trinajstić information content (AvgIpc) is 2.36. The van der Waals surface area contributed by atoms with Crippen LogP contribution in [-0.4, -0.2) is 26.4 Å². The standard InChI is InChI=1S/C18H29NO2Si/c1-13(21-22(5,6)18(2,3)4)16-15(19-17(16)20)12-14-10-8-7-9-11-14/h7-11,13,15-16H,12H2,1-6H3,(H,19,20)/t13-,15+,16-/m1/s1. The van der Waals surface area contributed by atoms with E-state index in [1.165, 1.54) is 5.56 Å². The lowest BCUT2D eigenvalue weighted by atomic mass is 9.82. The first-order valence-corrected chi connectivity index (χ1v) is 11.0. The summed E-state index contributed by atoms with van der Waals surface area (Å²) in [5.41, 5.74) is 1.26. The van der Waals surface area contributed by atoms with Crippen LogP contribution in [0, 0.1) is 5.92 Å². The maximum absolute atomic E-state index is 12.0. The van der Waals surface area contributed by atoms with Crippen molar-refractivity contribution in [1.82, 2.24) is 5.32 Å². The first kappa shape index (κ1) is 17.2. The summed E-state index contributed by atoms with van der Waals surface area (Å²) in [6, 6.07) is 10.5. The lowest BCUT2D eigenvalue weighted by Gasteiger charge is -2.45. The minimum Gasteiger partial charge on any atom is -0.413 e. The highest BCUT2D eigenvalue weighted by Crippen LogP contribution is 2.39. The molecule has 0 spiro atoms. The molecule has 0 unspecified atom stereocenters. The van der Waals surface area contributed by atoms with Crippen LogP contribution in [0.3, 0.4) is 0 Å². The van der Waals surface area contributed by atoms with Gasteiger partial charge in [0.2, 0.25) is 5.91 Å². The predicted molar refractivity (Wildman–Crippen MR) is 93.3 cm³/mol. The molecule has 2 rings (SSSR count). The second-order valence-corrected chi connectivity index (χ2v) is 12.7. The van der Waals surface area contributed by atoms with Crippen LogP contribution < -0.4 is 5.32 Å². The van der Waals surface area contributed by atoms with E-state index in [0.717, 1.165) is 6.42 Å². The van der Waals surface area contributed by atoms with Crippen molar-refractivity contribution in [2.75, 3.05) is 0 Å². The molecule has 1 N–H and O–H groups in total. The minimum absolute atomic E-state index is 0.0247. The van der Waals surface area contributed by atoms with Crippen LogP contribution in [-0.2, 0) is 15.6 Å². The Hall–Kier alpha value is -1.13. The second-order valence-electron chi connectivity index (χ2n) is 7.91. The molecule has 1 aromatic rings. The van der Waals surface area contributed by atoms with Gasteiger partial charge in [-0.1, -0.05) is 51.1 Å². The monoisotopic (exact) mass is 319 g/mol. The van der Waals surface area contributed by atoms with Crippen molar-refractivity contribution in [3.8, 4) is 0 Å². The molecular weight excluding hydrogens is 290 g/mol. The second kappa shape index (κ2) is 6.17. The Morgan fingerprint density at radius 2 is 1.82 bits per heavy atom. The van der Waals surface area contributed by atoms with Gasteiger partial charge in [-0.25, -0.2) is 0 Å². The summed E-state index contributed by atoms with van der Waals surface area (Å²) in [6.07, 6.45) is 0.853. The predicted octanol–water partition coefficient (Wildman–Crippen LogP) is 3.75. The van der Waals surface area contributed by atoms with E-state index in [1.54, 1.807) is 0 Å². The number of hydrogen-bond acceptors (Lipinski definition) is 2. The van der Waals surface area contributed by atoms with Gasteiger partial charge in [0.25, 0.3) is 0 Å². The van der Waals surface area contributed by atoms with Gasteiger partial charge in [-0.15, -0.1) is 0 Å². The number of rotatable bonds is 5. The van der Waals surface area contributed by atoms with Gasteiger partial charge in [-0.3, -0.25) is 4.79 Å². The molecule has 22 heavy (non-hydrogen) atoms. The lowest BCUT2D eigenvalue weighted by molar-refractivity contribution is -0.139. The normalized spacial score (nSPS) is 23.6. The first-order valence-electron chi connectivity index (χ1n) is 8.14. The molecule has 0 bridgehead atoms. The van der Waals surface area contributed by atoms with Crippen molar-refractivity contribution >= 4 is 14.2 Å². The van der Waals surface area contributed by atoms with Gasteiger partial charge in [-0.05, 0) is 37.0 Å². The van der Waals surface area contributed by atoms with E-state index in [4.69, 9.17) is 4.43 Å². The maximum atomic E-state index is 12.0. The molecule has 0 aromatic heterocycles. The van der Waals surface area contributed by atoms with E-state index in [1.807, 2.05) is 18.2 Å². The zero-order chi connectivity index (χ0) is 16.5. The number of nitrogens with one attached hydrogen (secondary N) is 1. The summed E-state index contributed by atoms with van der Waals surface area (Å²) in [7, 11) is -1.84. The first-order chi connectivity index (χ1) is 10.1. The van der Waals surface area contributed by atoms with Gasteiger partial charge in [-0.2, -0.15) is 0 Å². The Kier molecular flexibility index (Phi) is 4.83. The summed E-state index contributed by atoms with van der Waals surface area (Å²) in [4.78, 5) is 12.0. The maximum Gasteiger partial charge on any atom is 0.228 e. The molecule has 1 saturated heterocycles. The fourth-order valence-corrected chi connectivity index (χ4v) is 4.19. The molecule has 1 heterocycles. The van der Waals surface area contributed by atoms with Crippen molar-refractivity contribution in [3.05, 3.63) is 35.9 Å². The van der Waals surface area contributed by atoms with Crippen molar-refractivity contribution in [1.29, 1.82) is 0 Å². The van der Waals surface area contributed by atoms with Crippen LogP contribution in [0.25, 0.3) is 0 Å². The number of benzene rings is 1. The summed E-state index contributed by atoms with van der Waals surface area (Å²) < 4.78 is 6.42. The third-order valence-corrected chi connectivity index (χ3v) is 9.73. The zero-order valence-corrected chi connectivity index (χ0v) is 15.6. The van der Waals surface area contributed by atoms with E-state index in [-0.39, 0.29) is 29.0 Å². The van der Waals surface area contributed by atoms with E-state index >= 15 is 0 Å². The molecular formula is C18H29NO2Si. The molecule has 1 amide bonds. The third kappa shape index (κ3) is 3.61. The summed E-state index contributed by atoms with van der Waals surface area (Å²) in [6.45, 7) is 13.2. The molecule has 1 aliphatic heterocycles. The summed E-state index contributed by atoms with van der Waals surface area (Å²) >= 11 is 0. The molecule has 0 saturated carbocycles. The molecule has 0 radical (unpaired) electrons. The lowest BCUT2D eigenvalue weighted by Crippen LogP contribution is -2.64. The van der Waals surface area contributed by atoms with Crippen LogP contribution in [0.1, 0.15) is 33.3 Å². The summed E-state index contributed by atoms with van der Waals surface area (Å²) in [5.74, 6) is 0.0986. The van der Waals surface area contributed by atoms with Gasteiger partial charge in [0, 0.05) is 6.04 Å². The SMILES string of the molecule is C[C@@H](O[Si](C)(C)C(C)(C)C)[C@H]1C(=O)N[C@H]1Cc1ccccc1. The Labute approximate surface area is 135 Å². The smallest absolute Gasteiger partial charge is 0.228 e. The van der Waals surface area contributed by atoms with Crippen molar-refractivity contribution in [2.45, 2.75) is 64.4 Å². The Balaban J connectivity index is 2.02. The van der Waals surface area contributed by atoms with Gasteiger partial charge in [0.05, 0.1) is 12.0 Å². The zero-order valence-electron chi connectivity index (χ0n) is 14.6. The van der Waals surface area contributed by atoms with E-state index in [2.05, 4.69) is 58.2 Å². The van der Waals surface area contributed by atoms with Gasteiger partial charge in [0.15, 0.2) is 8.32 Å². The molecule has 3 nitrogen and oxygen atoms in total. The van der Waals surface area contributed by atoms with Crippen molar-refractivity contribution < 1.29 is 9.22 Å². The third-order valence-electron chi connectivity index (χ3n) is 5.15.